The standard InChI is InChI=1S/C25H25N5O2S/c31-24(27-12-17-32-20-6-2-1-3-7-20)19-9-10-21-22(18-19)33-25(28-21)30-15-13-29(14-16-30)23-8-4-5-11-26-23/h1-11,18H,12-17H2,(H,27,31). The third-order valence-electron chi connectivity index (χ3n) is 5.56. The second-order valence-electron chi connectivity index (χ2n) is 7.76. The molecule has 1 aliphatic rings. The van der Waals surface area contributed by atoms with Crippen LogP contribution in [0.15, 0.2) is 72.9 Å². The lowest BCUT2D eigenvalue weighted by Crippen LogP contribution is -2.46. The zero-order valence-electron chi connectivity index (χ0n) is 18.2. The van der Waals surface area contributed by atoms with Crippen molar-refractivity contribution < 1.29 is 9.53 Å². The second kappa shape index (κ2) is 9.87. The Bertz CT molecular complexity index is 1210. The molecule has 0 spiro atoms. The third kappa shape index (κ3) is 5.06. The van der Waals surface area contributed by atoms with Gasteiger partial charge in [0.15, 0.2) is 5.13 Å². The highest BCUT2D eigenvalue weighted by Gasteiger charge is 2.21. The number of fused-ring (bicyclic) bond motifs is 1. The Kier molecular flexibility index (Phi) is 6.34. The van der Waals surface area contributed by atoms with Gasteiger partial charge in [0.2, 0.25) is 0 Å². The molecule has 168 valence electrons. The summed E-state index contributed by atoms with van der Waals surface area (Å²) >= 11 is 1.63. The minimum Gasteiger partial charge on any atom is -0.492 e. The molecule has 8 heteroatoms. The van der Waals surface area contributed by atoms with Crippen molar-refractivity contribution in [2.75, 3.05) is 49.1 Å². The molecule has 0 aliphatic carbocycles. The second-order valence-corrected chi connectivity index (χ2v) is 8.77. The van der Waals surface area contributed by atoms with Crippen molar-refractivity contribution in [3.8, 4) is 5.75 Å². The van der Waals surface area contributed by atoms with E-state index in [-0.39, 0.29) is 5.91 Å². The van der Waals surface area contributed by atoms with Gasteiger partial charge in [-0.3, -0.25) is 4.79 Å². The van der Waals surface area contributed by atoms with Crippen molar-refractivity contribution in [1.82, 2.24) is 15.3 Å². The van der Waals surface area contributed by atoms with Gasteiger partial charge in [0.25, 0.3) is 5.91 Å². The van der Waals surface area contributed by atoms with Crippen molar-refractivity contribution >= 4 is 38.4 Å². The normalized spacial score (nSPS) is 13.8. The highest BCUT2D eigenvalue weighted by molar-refractivity contribution is 7.22. The maximum Gasteiger partial charge on any atom is 0.251 e. The Hall–Kier alpha value is -3.65. The average molecular weight is 460 g/mol. The van der Waals surface area contributed by atoms with Gasteiger partial charge in [-0.1, -0.05) is 35.6 Å². The SMILES string of the molecule is O=C(NCCOc1ccccc1)c1ccc2nc(N3CCN(c4ccccn4)CC3)sc2c1. The fourth-order valence-corrected chi connectivity index (χ4v) is 4.87. The van der Waals surface area contributed by atoms with Crippen molar-refractivity contribution in [2.24, 2.45) is 0 Å². The number of carbonyl (C=O) groups is 1. The molecular weight excluding hydrogens is 434 g/mol. The topological polar surface area (TPSA) is 70.6 Å². The first-order chi connectivity index (χ1) is 16.3. The van der Waals surface area contributed by atoms with E-state index in [4.69, 9.17) is 9.72 Å². The first-order valence-electron chi connectivity index (χ1n) is 11.0. The molecule has 0 unspecified atom stereocenters. The predicted octanol–water partition coefficient (Wildman–Crippen LogP) is 3.83. The maximum absolute atomic E-state index is 12.6. The van der Waals surface area contributed by atoms with Gasteiger partial charge in [-0.2, -0.15) is 0 Å². The number of ether oxygens (including phenoxy) is 1. The highest BCUT2D eigenvalue weighted by Crippen LogP contribution is 2.30. The van der Waals surface area contributed by atoms with Gasteiger partial charge in [0.05, 0.1) is 16.8 Å². The van der Waals surface area contributed by atoms with Gasteiger partial charge in [0.1, 0.15) is 18.2 Å². The van der Waals surface area contributed by atoms with E-state index in [1.54, 1.807) is 11.3 Å². The summed E-state index contributed by atoms with van der Waals surface area (Å²) in [4.78, 5) is 26.4. The zero-order valence-corrected chi connectivity index (χ0v) is 19.0. The lowest BCUT2D eigenvalue weighted by atomic mass is 10.2. The van der Waals surface area contributed by atoms with E-state index >= 15 is 0 Å². The van der Waals surface area contributed by atoms with E-state index in [0.717, 1.165) is 53.1 Å². The number of para-hydroxylation sites is 1. The molecule has 2 aromatic carbocycles. The molecule has 1 amide bonds. The molecule has 3 heterocycles. The number of thiazole rings is 1. The summed E-state index contributed by atoms with van der Waals surface area (Å²) in [6.45, 7) is 4.47. The van der Waals surface area contributed by atoms with Crippen molar-refractivity contribution in [1.29, 1.82) is 0 Å². The van der Waals surface area contributed by atoms with Crippen molar-refractivity contribution in [3.05, 3.63) is 78.5 Å². The van der Waals surface area contributed by atoms with Gasteiger partial charge in [-0.05, 0) is 42.5 Å². The molecule has 0 atom stereocenters. The van der Waals surface area contributed by atoms with Gasteiger partial charge in [0, 0.05) is 37.9 Å². The van der Waals surface area contributed by atoms with Crippen LogP contribution in [0.5, 0.6) is 5.75 Å². The number of anilines is 2. The number of piperazine rings is 1. The van der Waals surface area contributed by atoms with Crippen LogP contribution in [0.2, 0.25) is 0 Å². The Morgan fingerprint density at radius 2 is 1.76 bits per heavy atom. The molecule has 1 N–H and O–H groups in total. The first kappa shape index (κ1) is 21.2. The molecule has 33 heavy (non-hydrogen) atoms. The largest absolute Gasteiger partial charge is 0.492 e. The summed E-state index contributed by atoms with van der Waals surface area (Å²) in [5.74, 6) is 1.71. The predicted molar refractivity (Wildman–Crippen MR) is 133 cm³/mol. The van der Waals surface area contributed by atoms with E-state index in [1.807, 2.05) is 72.9 Å². The third-order valence-corrected chi connectivity index (χ3v) is 6.64. The lowest BCUT2D eigenvalue weighted by Gasteiger charge is -2.35. The van der Waals surface area contributed by atoms with Crippen LogP contribution in [0.3, 0.4) is 0 Å². The van der Waals surface area contributed by atoms with E-state index in [0.29, 0.717) is 18.7 Å². The number of benzene rings is 2. The van der Waals surface area contributed by atoms with E-state index in [9.17, 15) is 4.79 Å². The Labute approximate surface area is 196 Å². The monoisotopic (exact) mass is 459 g/mol. The fourth-order valence-electron chi connectivity index (χ4n) is 3.81. The maximum atomic E-state index is 12.6. The average Bonchev–Trinajstić information content (AvgIpc) is 3.31. The molecule has 0 saturated carbocycles. The first-order valence-corrected chi connectivity index (χ1v) is 11.9. The van der Waals surface area contributed by atoms with Gasteiger partial charge >= 0.3 is 0 Å². The molecule has 5 rings (SSSR count). The number of nitrogens with one attached hydrogen (secondary N) is 1. The van der Waals surface area contributed by atoms with Crippen LogP contribution < -0.4 is 19.9 Å². The van der Waals surface area contributed by atoms with Crippen LogP contribution in [-0.4, -0.2) is 55.2 Å². The molecule has 1 saturated heterocycles. The summed E-state index contributed by atoms with van der Waals surface area (Å²) in [6, 6.07) is 21.3. The zero-order chi connectivity index (χ0) is 22.5. The molecule has 2 aromatic heterocycles. The number of rotatable bonds is 7. The molecule has 4 aromatic rings. The van der Waals surface area contributed by atoms with Crippen LogP contribution in [0, 0.1) is 0 Å². The van der Waals surface area contributed by atoms with Crippen molar-refractivity contribution in [3.63, 3.8) is 0 Å². The number of amides is 1. The molecule has 0 bridgehead atoms. The van der Waals surface area contributed by atoms with Crippen LogP contribution >= 0.6 is 11.3 Å². The van der Waals surface area contributed by atoms with Crippen LogP contribution in [0.4, 0.5) is 10.9 Å². The van der Waals surface area contributed by atoms with E-state index < -0.39 is 0 Å². The van der Waals surface area contributed by atoms with Crippen LogP contribution in [0.1, 0.15) is 10.4 Å². The van der Waals surface area contributed by atoms with Crippen LogP contribution in [-0.2, 0) is 0 Å². The summed E-state index contributed by atoms with van der Waals surface area (Å²) < 4.78 is 6.65. The van der Waals surface area contributed by atoms with E-state index in [2.05, 4.69) is 20.1 Å². The number of carbonyl (C=O) groups excluding carboxylic acids is 1. The highest BCUT2D eigenvalue weighted by atomic mass is 32.1. The smallest absolute Gasteiger partial charge is 0.251 e. The lowest BCUT2D eigenvalue weighted by molar-refractivity contribution is 0.0947. The molecule has 1 aliphatic heterocycles. The summed E-state index contributed by atoms with van der Waals surface area (Å²) in [6.07, 6.45) is 1.83. The van der Waals surface area contributed by atoms with Gasteiger partial charge in [-0.25, -0.2) is 9.97 Å². The van der Waals surface area contributed by atoms with Gasteiger partial charge < -0.3 is 19.9 Å². The van der Waals surface area contributed by atoms with Gasteiger partial charge in [-0.15, -0.1) is 0 Å². The van der Waals surface area contributed by atoms with Crippen molar-refractivity contribution in [2.45, 2.75) is 0 Å². The number of hydrogen-bond acceptors (Lipinski definition) is 7. The summed E-state index contributed by atoms with van der Waals surface area (Å²) in [5.41, 5.74) is 1.56. The number of pyridine rings is 1. The molecular formula is C25H25N5O2S. The summed E-state index contributed by atoms with van der Waals surface area (Å²) in [7, 11) is 0. The minimum atomic E-state index is -0.104. The fraction of sp³-hybridized carbons (Fsp3) is 0.240. The molecule has 7 nitrogen and oxygen atoms in total. The summed E-state index contributed by atoms with van der Waals surface area (Å²) in [5, 5.41) is 3.92. The number of aromatic nitrogens is 2. The minimum absolute atomic E-state index is 0.104. The Morgan fingerprint density at radius 1 is 0.970 bits per heavy atom. The quantitative estimate of drug-likeness (QED) is 0.424. The number of nitrogens with zero attached hydrogens (tertiary/aromatic N) is 4. The Balaban J connectivity index is 1.17. The Morgan fingerprint density at radius 3 is 2.55 bits per heavy atom. The van der Waals surface area contributed by atoms with E-state index in [1.165, 1.54) is 0 Å². The van der Waals surface area contributed by atoms with Crippen LogP contribution in [0.25, 0.3) is 10.2 Å². The molecule has 0 radical (unpaired) electrons. The number of hydrogen-bond donors (Lipinski definition) is 1. The molecule has 1 fully saturated rings.